The lowest BCUT2D eigenvalue weighted by molar-refractivity contribution is -0.134. The molecule has 1 unspecified atom stereocenters. The molecule has 3 rings (SSSR count). The summed E-state index contributed by atoms with van der Waals surface area (Å²) < 4.78 is 22.2. The minimum atomic E-state index is -0.833. The Kier molecular flexibility index (Phi) is 8.61. The number of carbonyl (C=O) groups excluding carboxylic acids is 1. The van der Waals surface area contributed by atoms with Gasteiger partial charge in [0.1, 0.15) is 16.0 Å². The van der Waals surface area contributed by atoms with Crippen LogP contribution in [0.4, 0.5) is 0 Å². The van der Waals surface area contributed by atoms with Crippen LogP contribution in [-0.4, -0.2) is 46.7 Å². The maximum Gasteiger partial charge on any atom is 0.273 e. The van der Waals surface area contributed by atoms with Gasteiger partial charge in [0.2, 0.25) is 0 Å². The van der Waals surface area contributed by atoms with Crippen molar-refractivity contribution < 1.29 is 23.7 Å². The number of amides is 1. The van der Waals surface area contributed by atoms with Gasteiger partial charge < -0.3 is 18.9 Å². The first kappa shape index (κ1) is 23.7. The molecule has 0 fully saturated rings. The van der Waals surface area contributed by atoms with Crippen LogP contribution in [0.2, 0.25) is 0 Å². The summed E-state index contributed by atoms with van der Waals surface area (Å²) in [5.41, 5.74) is 4.00. The number of fused-ring (bicyclic) bond motifs is 1. The summed E-state index contributed by atoms with van der Waals surface area (Å²) in [5.74, 6) is 0.798. The standard InChI is InChI=1S/C24H25BrN2O5/c1-29-10-11-32-23(19-9-8-17-6-4-5-7-18(17)14-19)24(28)27-26-15-16-12-20(30-2)22(25)21(13-16)31-3/h4-9,12-15,23H,10-11H2,1-3H3,(H,27,28). The number of methoxy groups -OCH3 is 3. The molecule has 32 heavy (non-hydrogen) atoms. The predicted molar refractivity (Wildman–Crippen MR) is 127 cm³/mol. The van der Waals surface area contributed by atoms with Crippen molar-refractivity contribution >= 4 is 38.8 Å². The lowest BCUT2D eigenvalue weighted by Gasteiger charge is -2.17. The average molecular weight is 501 g/mol. The third kappa shape index (κ3) is 5.85. The van der Waals surface area contributed by atoms with Crippen molar-refractivity contribution in [3.63, 3.8) is 0 Å². The number of hydrogen-bond donors (Lipinski definition) is 1. The van der Waals surface area contributed by atoms with E-state index in [1.807, 2.05) is 42.5 Å². The fourth-order valence-electron chi connectivity index (χ4n) is 3.14. The number of rotatable bonds is 10. The van der Waals surface area contributed by atoms with E-state index >= 15 is 0 Å². The van der Waals surface area contributed by atoms with E-state index in [1.165, 1.54) is 6.21 Å². The monoisotopic (exact) mass is 500 g/mol. The van der Waals surface area contributed by atoms with Crippen molar-refractivity contribution in [1.82, 2.24) is 5.43 Å². The van der Waals surface area contributed by atoms with Crippen LogP contribution in [0.5, 0.6) is 11.5 Å². The van der Waals surface area contributed by atoms with Crippen molar-refractivity contribution in [2.45, 2.75) is 6.10 Å². The molecule has 1 atom stereocenters. The normalized spacial score (nSPS) is 12.1. The zero-order valence-corrected chi connectivity index (χ0v) is 19.7. The molecule has 0 bridgehead atoms. The van der Waals surface area contributed by atoms with E-state index in [-0.39, 0.29) is 12.5 Å². The summed E-state index contributed by atoms with van der Waals surface area (Å²) in [6.45, 7) is 0.644. The van der Waals surface area contributed by atoms with Crippen molar-refractivity contribution in [3.8, 4) is 11.5 Å². The van der Waals surface area contributed by atoms with Gasteiger partial charge in [-0.05, 0) is 50.5 Å². The first-order valence-electron chi connectivity index (χ1n) is 9.91. The summed E-state index contributed by atoms with van der Waals surface area (Å²) >= 11 is 3.43. The van der Waals surface area contributed by atoms with E-state index in [4.69, 9.17) is 18.9 Å². The van der Waals surface area contributed by atoms with Gasteiger partial charge in [-0.15, -0.1) is 0 Å². The van der Waals surface area contributed by atoms with Crippen molar-refractivity contribution in [2.24, 2.45) is 5.10 Å². The molecule has 0 saturated heterocycles. The smallest absolute Gasteiger partial charge is 0.273 e. The van der Waals surface area contributed by atoms with Gasteiger partial charge in [0.05, 0.1) is 33.6 Å². The van der Waals surface area contributed by atoms with Gasteiger partial charge in [0.15, 0.2) is 6.10 Å². The van der Waals surface area contributed by atoms with Crippen molar-refractivity contribution in [3.05, 3.63) is 70.2 Å². The van der Waals surface area contributed by atoms with Gasteiger partial charge in [-0.3, -0.25) is 4.79 Å². The number of benzene rings is 3. The highest BCUT2D eigenvalue weighted by Crippen LogP contribution is 2.35. The van der Waals surface area contributed by atoms with Crippen molar-refractivity contribution in [2.75, 3.05) is 34.5 Å². The lowest BCUT2D eigenvalue weighted by atomic mass is 10.0. The zero-order valence-electron chi connectivity index (χ0n) is 18.1. The summed E-state index contributed by atoms with van der Waals surface area (Å²) in [6.07, 6.45) is 0.683. The molecule has 3 aromatic rings. The fraction of sp³-hybridized carbons (Fsp3) is 0.250. The molecule has 0 heterocycles. The van der Waals surface area contributed by atoms with E-state index in [2.05, 4.69) is 26.5 Å². The summed E-state index contributed by atoms with van der Waals surface area (Å²) in [5, 5.41) is 6.21. The SMILES string of the molecule is COCCOC(C(=O)NN=Cc1cc(OC)c(Br)c(OC)c1)c1ccc2ccccc2c1. The molecule has 168 valence electrons. The first-order valence-corrected chi connectivity index (χ1v) is 10.7. The highest BCUT2D eigenvalue weighted by Gasteiger charge is 2.21. The molecule has 1 amide bonds. The third-order valence-electron chi connectivity index (χ3n) is 4.74. The Hall–Kier alpha value is -2.94. The summed E-state index contributed by atoms with van der Waals surface area (Å²) in [7, 11) is 4.71. The molecule has 3 aromatic carbocycles. The molecule has 0 radical (unpaired) electrons. The average Bonchev–Trinajstić information content (AvgIpc) is 2.82. The Morgan fingerprint density at radius 3 is 2.34 bits per heavy atom. The predicted octanol–water partition coefficient (Wildman–Crippen LogP) is 4.47. The molecule has 0 aliphatic heterocycles. The zero-order chi connectivity index (χ0) is 22.9. The fourth-order valence-corrected chi connectivity index (χ4v) is 3.69. The number of carbonyl (C=O) groups is 1. The Morgan fingerprint density at radius 2 is 1.69 bits per heavy atom. The first-order chi connectivity index (χ1) is 15.6. The van der Waals surface area contributed by atoms with Crippen LogP contribution in [0.3, 0.4) is 0 Å². The van der Waals surface area contributed by atoms with Gasteiger partial charge in [0, 0.05) is 12.7 Å². The van der Waals surface area contributed by atoms with Gasteiger partial charge in [-0.2, -0.15) is 5.10 Å². The largest absolute Gasteiger partial charge is 0.495 e. The minimum absolute atomic E-state index is 0.270. The molecule has 7 nitrogen and oxygen atoms in total. The van der Waals surface area contributed by atoms with E-state index in [0.29, 0.717) is 28.1 Å². The molecule has 0 saturated carbocycles. The number of hydrazone groups is 1. The Morgan fingerprint density at radius 1 is 1.00 bits per heavy atom. The van der Waals surface area contributed by atoms with Gasteiger partial charge >= 0.3 is 0 Å². The Labute approximate surface area is 195 Å². The second-order valence-electron chi connectivity index (χ2n) is 6.82. The molecule has 1 N–H and O–H groups in total. The van der Waals surface area contributed by atoms with Crippen LogP contribution in [0.1, 0.15) is 17.2 Å². The highest BCUT2D eigenvalue weighted by molar-refractivity contribution is 9.10. The quantitative estimate of drug-likeness (QED) is 0.252. The second kappa shape index (κ2) is 11.6. The van der Waals surface area contributed by atoms with Crippen molar-refractivity contribution in [1.29, 1.82) is 0 Å². The summed E-state index contributed by atoms with van der Waals surface area (Å²) in [6, 6.07) is 17.3. The molecule has 0 aliphatic carbocycles. The van der Waals surface area contributed by atoms with Crippen LogP contribution < -0.4 is 14.9 Å². The molecular formula is C24H25BrN2O5. The number of halogens is 1. The molecule has 0 spiro atoms. The molecule has 0 aromatic heterocycles. The Balaban J connectivity index is 1.79. The van der Waals surface area contributed by atoms with E-state index in [0.717, 1.165) is 16.3 Å². The lowest BCUT2D eigenvalue weighted by Crippen LogP contribution is -2.28. The number of ether oxygens (including phenoxy) is 4. The third-order valence-corrected chi connectivity index (χ3v) is 5.52. The highest BCUT2D eigenvalue weighted by atomic mass is 79.9. The maximum absolute atomic E-state index is 12.9. The van der Waals surface area contributed by atoms with Crippen LogP contribution in [0.15, 0.2) is 64.2 Å². The molecule has 0 aliphatic rings. The number of hydrogen-bond acceptors (Lipinski definition) is 6. The Bertz CT molecular complexity index is 1080. The number of nitrogens with zero attached hydrogens (tertiary/aromatic N) is 1. The van der Waals surface area contributed by atoms with Gasteiger partial charge in [-0.1, -0.05) is 36.4 Å². The van der Waals surface area contributed by atoms with E-state index in [9.17, 15) is 4.79 Å². The molecular weight excluding hydrogens is 476 g/mol. The van der Waals surface area contributed by atoms with E-state index in [1.54, 1.807) is 33.5 Å². The maximum atomic E-state index is 12.9. The topological polar surface area (TPSA) is 78.4 Å². The van der Waals surface area contributed by atoms with Crippen LogP contribution in [0.25, 0.3) is 10.8 Å². The van der Waals surface area contributed by atoms with Crippen LogP contribution in [0, 0.1) is 0 Å². The minimum Gasteiger partial charge on any atom is -0.495 e. The summed E-state index contributed by atoms with van der Waals surface area (Å²) in [4.78, 5) is 12.9. The van der Waals surface area contributed by atoms with E-state index < -0.39 is 6.10 Å². The van der Waals surface area contributed by atoms with Gasteiger partial charge in [0.25, 0.3) is 5.91 Å². The van der Waals surface area contributed by atoms with Crippen LogP contribution >= 0.6 is 15.9 Å². The van der Waals surface area contributed by atoms with Crippen LogP contribution in [-0.2, 0) is 14.3 Å². The van der Waals surface area contributed by atoms with Gasteiger partial charge in [-0.25, -0.2) is 5.43 Å². The number of nitrogens with one attached hydrogen (secondary N) is 1. The molecule has 8 heteroatoms. The second-order valence-corrected chi connectivity index (χ2v) is 7.62.